The van der Waals surface area contributed by atoms with Crippen molar-refractivity contribution >= 4 is 5.97 Å². The molecule has 0 spiro atoms. The zero-order chi connectivity index (χ0) is 14.7. The second-order valence-electron chi connectivity index (χ2n) is 5.09. The van der Waals surface area contributed by atoms with Gasteiger partial charge in [0.05, 0.1) is 0 Å². The summed E-state index contributed by atoms with van der Waals surface area (Å²) in [6.45, 7) is 6.50. The van der Waals surface area contributed by atoms with Crippen molar-refractivity contribution in [3.05, 3.63) is 53.0 Å². The van der Waals surface area contributed by atoms with Crippen molar-refractivity contribution in [1.82, 2.24) is 0 Å². The number of benzene rings is 1. The fourth-order valence-corrected chi connectivity index (χ4v) is 1.92. The summed E-state index contributed by atoms with van der Waals surface area (Å²) >= 11 is 0. The zero-order valence-corrected chi connectivity index (χ0v) is 11.8. The van der Waals surface area contributed by atoms with E-state index >= 15 is 0 Å². The first-order valence-corrected chi connectivity index (χ1v) is 6.52. The highest BCUT2D eigenvalue weighted by atomic mass is 16.5. The monoisotopic (exact) mass is 274 g/mol. The third-order valence-corrected chi connectivity index (χ3v) is 2.99. The molecule has 0 unspecified atom stereocenters. The maximum absolute atomic E-state index is 10.7. The predicted molar refractivity (Wildman–Crippen MR) is 75.3 cm³/mol. The quantitative estimate of drug-likeness (QED) is 0.895. The number of rotatable bonds is 5. The fourth-order valence-electron chi connectivity index (χ4n) is 1.92. The summed E-state index contributed by atoms with van der Waals surface area (Å²) in [7, 11) is 0. The summed E-state index contributed by atoms with van der Waals surface area (Å²) in [6, 6.07) is 9.12. The molecule has 20 heavy (non-hydrogen) atoms. The number of carboxylic acids is 1. The summed E-state index contributed by atoms with van der Waals surface area (Å²) in [5.74, 6) is 0.543. The Labute approximate surface area is 118 Å². The average Bonchev–Trinajstić information content (AvgIpc) is 2.84. The topological polar surface area (TPSA) is 59.7 Å². The number of ether oxygens (including phenoxy) is 1. The Hall–Kier alpha value is -2.23. The highest BCUT2D eigenvalue weighted by Gasteiger charge is 2.10. The third kappa shape index (κ3) is 3.41. The van der Waals surface area contributed by atoms with Crippen molar-refractivity contribution in [2.75, 3.05) is 0 Å². The Balaban J connectivity index is 2.08. The van der Waals surface area contributed by atoms with Crippen LogP contribution in [-0.2, 0) is 6.61 Å². The van der Waals surface area contributed by atoms with E-state index in [9.17, 15) is 4.79 Å². The van der Waals surface area contributed by atoms with E-state index in [-0.39, 0.29) is 12.4 Å². The minimum absolute atomic E-state index is 0.0734. The highest BCUT2D eigenvalue weighted by Crippen LogP contribution is 2.23. The molecule has 0 fully saturated rings. The number of aromatic carboxylic acids is 1. The van der Waals surface area contributed by atoms with Crippen molar-refractivity contribution in [3.8, 4) is 5.75 Å². The first-order valence-electron chi connectivity index (χ1n) is 6.52. The molecule has 1 N–H and O–H groups in total. The predicted octanol–water partition coefficient (Wildman–Crippen LogP) is 3.99. The van der Waals surface area contributed by atoms with Crippen LogP contribution < -0.4 is 4.74 Å². The number of carbonyl (C=O) groups is 1. The SMILES string of the molecule is Cc1cc(OCc2ccc(C(=O)O)o2)cc(C(C)C)c1. The average molecular weight is 274 g/mol. The van der Waals surface area contributed by atoms with Crippen LogP contribution in [-0.4, -0.2) is 11.1 Å². The van der Waals surface area contributed by atoms with Crippen LogP contribution in [0.1, 0.15) is 47.2 Å². The van der Waals surface area contributed by atoms with Gasteiger partial charge in [-0.25, -0.2) is 4.79 Å². The van der Waals surface area contributed by atoms with Crippen LogP contribution in [0.2, 0.25) is 0 Å². The number of hydrogen-bond acceptors (Lipinski definition) is 3. The van der Waals surface area contributed by atoms with E-state index < -0.39 is 5.97 Å². The van der Waals surface area contributed by atoms with Crippen LogP contribution in [0.25, 0.3) is 0 Å². The van der Waals surface area contributed by atoms with Gasteiger partial charge in [-0.1, -0.05) is 19.9 Å². The van der Waals surface area contributed by atoms with E-state index in [0.717, 1.165) is 11.3 Å². The van der Waals surface area contributed by atoms with Gasteiger partial charge in [0, 0.05) is 0 Å². The van der Waals surface area contributed by atoms with E-state index in [0.29, 0.717) is 11.7 Å². The Morgan fingerprint density at radius 2 is 2.05 bits per heavy atom. The summed E-state index contributed by atoms with van der Waals surface area (Å²) in [6.07, 6.45) is 0. The van der Waals surface area contributed by atoms with Crippen LogP contribution in [0.4, 0.5) is 0 Å². The molecule has 106 valence electrons. The van der Waals surface area contributed by atoms with Gasteiger partial charge in [0.1, 0.15) is 18.1 Å². The minimum Gasteiger partial charge on any atom is -0.486 e. The molecule has 0 saturated heterocycles. The zero-order valence-electron chi connectivity index (χ0n) is 11.8. The lowest BCUT2D eigenvalue weighted by Gasteiger charge is -2.11. The lowest BCUT2D eigenvalue weighted by molar-refractivity contribution is 0.0658. The van der Waals surface area contributed by atoms with Gasteiger partial charge in [0.2, 0.25) is 5.76 Å². The molecule has 0 saturated carbocycles. The molecular weight excluding hydrogens is 256 g/mol. The van der Waals surface area contributed by atoms with E-state index in [1.165, 1.54) is 11.6 Å². The molecule has 2 rings (SSSR count). The van der Waals surface area contributed by atoms with Gasteiger partial charge in [-0.2, -0.15) is 0 Å². The molecule has 4 nitrogen and oxygen atoms in total. The molecule has 0 bridgehead atoms. The summed E-state index contributed by atoms with van der Waals surface area (Å²) in [5, 5.41) is 8.78. The summed E-state index contributed by atoms with van der Waals surface area (Å²) < 4.78 is 10.8. The Morgan fingerprint density at radius 1 is 1.30 bits per heavy atom. The second kappa shape index (κ2) is 5.82. The number of carboxylic acid groups (broad SMARTS) is 1. The van der Waals surface area contributed by atoms with Crippen molar-refractivity contribution < 1.29 is 19.1 Å². The Kier molecular flexibility index (Phi) is 4.13. The molecule has 2 aromatic rings. The van der Waals surface area contributed by atoms with E-state index in [1.807, 2.05) is 19.1 Å². The van der Waals surface area contributed by atoms with Crippen molar-refractivity contribution in [2.24, 2.45) is 0 Å². The summed E-state index contributed by atoms with van der Waals surface area (Å²) in [4.78, 5) is 10.7. The molecular formula is C16H18O4. The van der Waals surface area contributed by atoms with Gasteiger partial charge in [-0.3, -0.25) is 0 Å². The molecule has 1 heterocycles. The lowest BCUT2D eigenvalue weighted by Crippen LogP contribution is -1.97. The maximum Gasteiger partial charge on any atom is 0.371 e. The molecule has 1 aromatic carbocycles. The van der Waals surface area contributed by atoms with Crippen LogP contribution in [0.15, 0.2) is 34.7 Å². The molecule has 0 atom stereocenters. The summed E-state index contributed by atoms with van der Waals surface area (Å²) in [5.41, 5.74) is 2.35. The van der Waals surface area contributed by atoms with Crippen molar-refractivity contribution in [3.63, 3.8) is 0 Å². The minimum atomic E-state index is -1.08. The Morgan fingerprint density at radius 3 is 2.65 bits per heavy atom. The highest BCUT2D eigenvalue weighted by molar-refractivity contribution is 5.84. The van der Waals surface area contributed by atoms with Gasteiger partial charge < -0.3 is 14.3 Å². The van der Waals surface area contributed by atoms with Crippen LogP contribution in [0.3, 0.4) is 0 Å². The van der Waals surface area contributed by atoms with Crippen LogP contribution in [0.5, 0.6) is 5.75 Å². The van der Waals surface area contributed by atoms with Crippen molar-refractivity contribution in [2.45, 2.75) is 33.3 Å². The molecule has 0 aliphatic carbocycles. The second-order valence-corrected chi connectivity index (χ2v) is 5.09. The smallest absolute Gasteiger partial charge is 0.371 e. The molecule has 0 amide bonds. The van der Waals surface area contributed by atoms with E-state index in [4.69, 9.17) is 14.3 Å². The largest absolute Gasteiger partial charge is 0.486 e. The normalized spacial score (nSPS) is 10.8. The first-order chi connectivity index (χ1) is 9.45. The third-order valence-electron chi connectivity index (χ3n) is 2.99. The molecule has 0 aliphatic rings. The van der Waals surface area contributed by atoms with E-state index in [1.54, 1.807) is 6.07 Å². The molecule has 0 radical (unpaired) electrons. The standard InChI is InChI=1S/C16H18O4/c1-10(2)12-6-11(3)7-14(8-12)19-9-13-4-5-15(20-13)16(17)18/h4-8,10H,9H2,1-3H3,(H,17,18). The van der Waals surface area contributed by atoms with Crippen LogP contribution in [0, 0.1) is 6.92 Å². The number of hydrogen-bond donors (Lipinski definition) is 1. The fraction of sp³-hybridized carbons (Fsp3) is 0.312. The van der Waals surface area contributed by atoms with Gasteiger partial charge in [-0.05, 0) is 48.2 Å². The molecule has 0 aliphatic heterocycles. The van der Waals surface area contributed by atoms with Gasteiger partial charge in [0.25, 0.3) is 0 Å². The first kappa shape index (κ1) is 14.2. The van der Waals surface area contributed by atoms with Gasteiger partial charge in [0.15, 0.2) is 0 Å². The molecule has 4 heteroatoms. The number of furan rings is 1. The van der Waals surface area contributed by atoms with Crippen molar-refractivity contribution in [1.29, 1.82) is 0 Å². The van der Waals surface area contributed by atoms with Gasteiger partial charge >= 0.3 is 5.97 Å². The Bertz CT molecular complexity index is 611. The lowest BCUT2D eigenvalue weighted by atomic mass is 10.0. The van der Waals surface area contributed by atoms with E-state index in [2.05, 4.69) is 19.9 Å². The molecule has 1 aromatic heterocycles. The van der Waals surface area contributed by atoms with Gasteiger partial charge in [-0.15, -0.1) is 0 Å². The maximum atomic E-state index is 10.7. The van der Waals surface area contributed by atoms with Crippen LogP contribution >= 0.6 is 0 Å². The number of aryl methyl sites for hydroxylation is 1.